The summed E-state index contributed by atoms with van der Waals surface area (Å²) in [5, 5.41) is 9.61. The highest BCUT2D eigenvalue weighted by Crippen LogP contribution is 2.24. The lowest BCUT2D eigenvalue weighted by atomic mass is 10.1. The van der Waals surface area contributed by atoms with Crippen molar-refractivity contribution < 1.29 is 5.11 Å². The number of piperazine rings is 1. The van der Waals surface area contributed by atoms with Crippen LogP contribution in [0, 0.1) is 0 Å². The average molecular weight is 313 g/mol. The van der Waals surface area contributed by atoms with Gasteiger partial charge in [-0.25, -0.2) is 0 Å². The standard InChI is InChI=1S/C14H21BrN2O/c1-16-7-9-17(10-8-16)6-2-3-12-4-5-13(15)14(18)11-12/h4-5,11,18H,2-3,6-10H2,1H3. The van der Waals surface area contributed by atoms with Gasteiger partial charge >= 0.3 is 0 Å². The fourth-order valence-corrected chi connectivity index (χ4v) is 2.54. The molecule has 100 valence electrons. The van der Waals surface area contributed by atoms with Gasteiger partial charge in [-0.05, 0) is 60.1 Å². The molecule has 1 fully saturated rings. The Hall–Kier alpha value is -0.580. The molecule has 2 rings (SSSR count). The Bertz CT molecular complexity index is 389. The Labute approximate surface area is 118 Å². The number of aromatic hydroxyl groups is 1. The maximum absolute atomic E-state index is 9.61. The molecule has 0 amide bonds. The minimum atomic E-state index is 0.340. The smallest absolute Gasteiger partial charge is 0.130 e. The molecule has 1 saturated heterocycles. The Morgan fingerprint density at radius 1 is 1.22 bits per heavy atom. The Balaban J connectivity index is 1.73. The second-order valence-corrected chi connectivity index (χ2v) is 5.89. The zero-order valence-electron chi connectivity index (χ0n) is 10.9. The summed E-state index contributed by atoms with van der Waals surface area (Å²) in [5.74, 6) is 0.340. The van der Waals surface area contributed by atoms with Crippen molar-refractivity contribution >= 4 is 15.9 Å². The van der Waals surface area contributed by atoms with Gasteiger partial charge in [0, 0.05) is 26.2 Å². The normalized spacial score (nSPS) is 18.1. The lowest BCUT2D eigenvalue weighted by molar-refractivity contribution is 0.153. The molecule has 0 aliphatic carbocycles. The van der Waals surface area contributed by atoms with E-state index in [4.69, 9.17) is 0 Å². The highest BCUT2D eigenvalue weighted by molar-refractivity contribution is 9.10. The number of phenols is 1. The van der Waals surface area contributed by atoms with Gasteiger partial charge in [0.1, 0.15) is 5.75 Å². The first-order chi connectivity index (χ1) is 8.65. The lowest BCUT2D eigenvalue weighted by Gasteiger charge is -2.32. The molecule has 0 unspecified atom stereocenters. The summed E-state index contributed by atoms with van der Waals surface area (Å²) in [5.41, 5.74) is 1.21. The number of nitrogens with zero attached hydrogens (tertiary/aromatic N) is 2. The summed E-state index contributed by atoms with van der Waals surface area (Å²) < 4.78 is 0.769. The van der Waals surface area contributed by atoms with Gasteiger partial charge in [-0.2, -0.15) is 0 Å². The van der Waals surface area contributed by atoms with Gasteiger partial charge in [0.25, 0.3) is 0 Å². The van der Waals surface area contributed by atoms with Crippen LogP contribution in [0.1, 0.15) is 12.0 Å². The molecule has 0 saturated carbocycles. The van der Waals surface area contributed by atoms with Crippen LogP contribution in [0.4, 0.5) is 0 Å². The molecule has 18 heavy (non-hydrogen) atoms. The fourth-order valence-electron chi connectivity index (χ4n) is 2.29. The van der Waals surface area contributed by atoms with Gasteiger partial charge in [0.2, 0.25) is 0 Å². The quantitative estimate of drug-likeness (QED) is 0.924. The van der Waals surface area contributed by atoms with Crippen molar-refractivity contribution in [3.05, 3.63) is 28.2 Å². The number of hydrogen-bond donors (Lipinski definition) is 1. The molecule has 0 spiro atoms. The third-order valence-electron chi connectivity index (χ3n) is 3.55. The van der Waals surface area contributed by atoms with Crippen LogP contribution in [0.2, 0.25) is 0 Å². The molecule has 1 heterocycles. The first-order valence-corrected chi connectivity index (χ1v) is 7.33. The van der Waals surface area contributed by atoms with Gasteiger partial charge in [-0.15, -0.1) is 0 Å². The molecule has 0 atom stereocenters. The second kappa shape index (κ2) is 6.55. The molecule has 3 nitrogen and oxygen atoms in total. The van der Waals surface area contributed by atoms with E-state index in [0.29, 0.717) is 5.75 Å². The highest BCUT2D eigenvalue weighted by Gasteiger charge is 2.12. The van der Waals surface area contributed by atoms with Crippen LogP contribution in [0.25, 0.3) is 0 Å². The molecule has 4 heteroatoms. The SMILES string of the molecule is CN1CCN(CCCc2ccc(Br)c(O)c2)CC1. The predicted molar refractivity (Wildman–Crippen MR) is 78.1 cm³/mol. The van der Waals surface area contributed by atoms with E-state index >= 15 is 0 Å². The van der Waals surface area contributed by atoms with E-state index < -0.39 is 0 Å². The Kier molecular flexibility index (Phi) is 5.03. The predicted octanol–water partition coefficient (Wildman–Crippen LogP) is 2.33. The zero-order chi connectivity index (χ0) is 13.0. The molecule has 1 aliphatic rings. The van der Waals surface area contributed by atoms with Crippen molar-refractivity contribution in [2.24, 2.45) is 0 Å². The monoisotopic (exact) mass is 312 g/mol. The van der Waals surface area contributed by atoms with Crippen LogP contribution in [-0.4, -0.2) is 54.7 Å². The van der Waals surface area contributed by atoms with Gasteiger partial charge in [-0.1, -0.05) is 6.07 Å². The van der Waals surface area contributed by atoms with Gasteiger partial charge in [0.05, 0.1) is 4.47 Å². The van der Waals surface area contributed by atoms with Crippen molar-refractivity contribution in [2.75, 3.05) is 39.8 Å². The maximum atomic E-state index is 9.61. The largest absolute Gasteiger partial charge is 0.507 e. The van der Waals surface area contributed by atoms with Crippen molar-refractivity contribution in [3.63, 3.8) is 0 Å². The molecule has 1 aromatic rings. The van der Waals surface area contributed by atoms with Gasteiger partial charge in [-0.3, -0.25) is 0 Å². The van der Waals surface area contributed by atoms with Crippen LogP contribution in [0.3, 0.4) is 0 Å². The summed E-state index contributed by atoms with van der Waals surface area (Å²) in [6.07, 6.45) is 2.19. The first kappa shape index (κ1) is 13.8. The van der Waals surface area contributed by atoms with Crippen molar-refractivity contribution in [3.8, 4) is 5.75 Å². The zero-order valence-corrected chi connectivity index (χ0v) is 12.5. The Morgan fingerprint density at radius 3 is 2.61 bits per heavy atom. The molecule has 0 radical (unpaired) electrons. The van der Waals surface area contributed by atoms with E-state index in [-0.39, 0.29) is 0 Å². The van der Waals surface area contributed by atoms with E-state index in [1.54, 1.807) is 0 Å². The minimum Gasteiger partial charge on any atom is -0.507 e. The minimum absolute atomic E-state index is 0.340. The van der Waals surface area contributed by atoms with E-state index in [9.17, 15) is 5.11 Å². The van der Waals surface area contributed by atoms with Gasteiger partial charge < -0.3 is 14.9 Å². The van der Waals surface area contributed by atoms with E-state index in [1.807, 2.05) is 12.1 Å². The van der Waals surface area contributed by atoms with E-state index in [0.717, 1.165) is 23.9 Å². The third-order valence-corrected chi connectivity index (χ3v) is 4.22. The van der Waals surface area contributed by atoms with E-state index in [2.05, 4.69) is 38.8 Å². The first-order valence-electron chi connectivity index (χ1n) is 6.53. The summed E-state index contributed by atoms with van der Waals surface area (Å²) in [6, 6.07) is 5.85. The van der Waals surface area contributed by atoms with E-state index in [1.165, 1.54) is 31.7 Å². The van der Waals surface area contributed by atoms with Crippen molar-refractivity contribution in [1.82, 2.24) is 9.80 Å². The molecular weight excluding hydrogens is 292 g/mol. The molecule has 1 aromatic carbocycles. The molecule has 0 aromatic heterocycles. The maximum Gasteiger partial charge on any atom is 0.130 e. The fraction of sp³-hybridized carbons (Fsp3) is 0.571. The summed E-state index contributed by atoms with van der Waals surface area (Å²) in [6.45, 7) is 5.88. The van der Waals surface area contributed by atoms with Crippen LogP contribution in [-0.2, 0) is 6.42 Å². The second-order valence-electron chi connectivity index (χ2n) is 5.03. The third kappa shape index (κ3) is 3.97. The van der Waals surface area contributed by atoms with Crippen LogP contribution >= 0.6 is 15.9 Å². The molecule has 1 N–H and O–H groups in total. The summed E-state index contributed by atoms with van der Waals surface area (Å²) in [7, 11) is 2.18. The summed E-state index contributed by atoms with van der Waals surface area (Å²) in [4.78, 5) is 4.90. The highest BCUT2D eigenvalue weighted by atomic mass is 79.9. The summed E-state index contributed by atoms with van der Waals surface area (Å²) >= 11 is 3.30. The van der Waals surface area contributed by atoms with Crippen molar-refractivity contribution in [2.45, 2.75) is 12.8 Å². The number of aryl methyl sites for hydroxylation is 1. The van der Waals surface area contributed by atoms with Crippen LogP contribution in [0.5, 0.6) is 5.75 Å². The number of likely N-dealkylation sites (N-methyl/N-ethyl adjacent to an activating group) is 1. The molecule has 0 bridgehead atoms. The number of halogens is 1. The van der Waals surface area contributed by atoms with Gasteiger partial charge in [0.15, 0.2) is 0 Å². The number of hydrogen-bond acceptors (Lipinski definition) is 3. The van der Waals surface area contributed by atoms with Crippen LogP contribution < -0.4 is 0 Å². The number of benzene rings is 1. The lowest BCUT2D eigenvalue weighted by Crippen LogP contribution is -2.44. The number of rotatable bonds is 4. The molecular formula is C14H21BrN2O. The average Bonchev–Trinajstić information content (AvgIpc) is 2.36. The number of phenolic OH excluding ortho intramolecular Hbond substituents is 1. The van der Waals surface area contributed by atoms with Crippen molar-refractivity contribution in [1.29, 1.82) is 0 Å². The van der Waals surface area contributed by atoms with Crippen LogP contribution in [0.15, 0.2) is 22.7 Å². The topological polar surface area (TPSA) is 26.7 Å². The molecule has 1 aliphatic heterocycles. The Morgan fingerprint density at radius 2 is 1.94 bits per heavy atom.